The van der Waals surface area contributed by atoms with Crippen LogP contribution in [0.4, 0.5) is 11.6 Å². The lowest BCUT2D eigenvalue weighted by Crippen LogP contribution is -2.50. The fraction of sp³-hybridized carbons (Fsp3) is 0.545. The Morgan fingerprint density at radius 3 is 3.06 bits per heavy atom. The van der Waals surface area contributed by atoms with Crippen LogP contribution in [-0.4, -0.2) is 28.6 Å². The molecular formula is C11H14ClN5. The summed E-state index contributed by atoms with van der Waals surface area (Å²) in [5, 5.41) is 0.156. The molecule has 2 heterocycles. The van der Waals surface area contributed by atoms with Crippen molar-refractivity contribution in [3.8, 4) is 0 Å². The van der Waals surface area contributed by atoms with E-state index >= 15 is 0 Å². The molecule has 1 aliphatic heterocycles. The molecule has 5 nitrogen and oxygen atoms in total. The standard InChI is InChI=1S/C11H14ClN5/c1-7-8(13)4-3-5-17(7)9-6-15-11(14-2)10(12)16-9/h6-8H,3-5,13H2,1H3/t7-,8-/m1/s1. The maximum Gasteiger partial charge on any atom is 0.307 e. The maximum absolute atomic E-state index is 6.88. The summed E-state index contributed by atoms with van der Waals surface area (Å²) >= 11 is 5.89. The first kappa shape index (κ1) is 12.1. The van der Waals surface area contributed by atoms with E-state index in [1.165, 1.54) is 0 Å². The lowest BCUT2D eigenvalue weighted by molar-refractivity contribution is 0.418. The van der Waals surface area contributed by atoms with E-state index in [0.717, 1.165) is 19.4 Å². The van der Waals surface area contributed by atoms with Gasteiger partial charge in [0.25, 0.3) is 0 Å². The Kier molecular flexibility index (Phi) is 3.46. The highest BCUT2D eigenvalue weighted by Gasteiger charge is 2.27. The quantitative estimate of drug-likeness (QED) is 0.776. The third-order valence-corrected chi connectivity index (χ3v) is 3.40. The third kappa shape index (κ3) is 2.33. The lowest BCUT2D eigenvalue weighted by Gasteiger charge is -2.37. The lowest BCUT2D eigenvalue weighted by atomic mass is 9.99. The summed E-state index contributed by atoms with van der Waals surface area (Å²) in [5.41, 5.74) is 6.03. The van der Waals surface area contributed by atoms with Gasteiger partial charge in [0.05, 0.1) is 0 Å². The van der Waals surface area contributed by atoms with Crippen molar-refractivity contribution >= 4 is 23.2 Å². The Hall–Kier alpha value is -1.38. The first-order valence-corrected chi connectivity index (χ1v) is 5.93. The zero-order valence-corrected chi connectivity index (χ0v) is 10.4. The zero-order valence-electron chi connectivity index (χ0n) is 9.60. The third-order valence-electron chi connectivity index (χ3n) is 3.15. The Balaban J connectivity index is 2.28. The van der Waals surface area contributed by atoms with Gasteiger partial charge in [-0.3, -0.25) is 0 Å². The molecule has 90 valence electrons. The first-order valence-electron chi connectivity index (χ1n) is 5.55. The number of halogens is 1. The second kappa shape index (κ2) is 4.86. The van der Waals surface area contributed by atoms with Crippen molar-refractivity contribution in [3.63, 3.8) is 0 Å². The van der Waals surface area contributed by atoms with Gasteiger partial charge < -0.3 is 15.5 Å². The van der Waals surface area contributed by atoms with Gasteiger partial charge in [0.2, 0.25) is 0 Å². The summed E-state index contributed by atoms with van der Waals surface area (Å²) in [6, 6.07) is 0.359. The van der Waals surface area contributed by atoms with Gasteiger partial charge in [-0.1, -0.05) is 18.2 Å². The summed E-state index contributed by atoms with van der Waals surface area (Å²) < 4.78 is 0. The summed E-state index contributed by atoms with van der Waals surface area (Å²) in [4.78, 5) is 13.5. The molecule has 0 amide bonds. The zero-order chi connectivity index (χ0) is 12.4. The van der Waals surface area contributed by atoms with Crippen molar-refractivity contribution in [3.05, 3.63) is 22.8 Å². The van der Waals surface area contributed by atoms with Crippen molar-refractivity contribution in [1.82, 2.24) is 9.97 Å². The number of rotatable bonds is 1. The van der Waals surface area contributed by atoms with Crippen LogP contribution in [0.1, 0.15) is 19.8 Å². The van der Waals surface area contributed by atoms with E-state index in [1.54, 1.807) is 6.20 Å². The van der Waals surface area contributed by atoms with E-state index in [2.05, 4.69) is 26.6 Å². The number of nitrogens with two attached hydrogens (primary N) is 1. The minimum absolute atomic E-state index is 0.143. The molecule has 6 heteroatoms. The minimum Gasteiger partial charge on any atom is -0.358 e. The van der Waals surface area contributed by atoms with Crippen LogP contribution in [0.3, 0.4) is 0 Å². The summed E-state index contributed by atoms with van der Waals surface area (Å²) in [6.07, 6.45) is 3.65. The van der Waals surface area contributed by atoms with Crippen LogP contribution in [0.5, 0.6) is 0 Å². The number of hydrogen-bond donors (Lipinski definition) is 1. The van der Waals surface area contributed by atoms with Crippen LogP contribution >= 0.6 is 11.6 Å². The Morgan fingerprint density at radius 1 is 1.65 bits per heavy atom. The number of nitrogens with zero attached hydrogens (tertiary/aromatic N) is 4. The molecule has 1 aliphatic rings. The van der Waals surface area contributed by atoms with Crippen LogP contribution in [0.15, 0.2) is 6.20 Å². The van der Waals surface area contributed by atoms with E-state index in [4.69, 9.17) is 23.9 Å². The number of anilines is 1. The average molecular weight is 252 g/mol. The SMILES string of the molecule is [C-]#[N+]c1ncc(N2CCC[C@@H](N)[C@H]2C)nc1Cl. The van der Waals surface area contributed by atoms with E-state index in [1.807, 2.05) is 0 Å². The van der Waals surface area contributed by atoms with E-state index in [0.29, 0.717) is 5.82 Å². The first-order chi connectivity index (χ1) is 8.13. The van der Waals surface area contributed by atoms with Gasteiger partial charge >= 0.3 is 5.82 Å². The predicted octanol–water partition coefficient (Wildman–Crippen LogP) is 2.00. The van der Waals surface area contributed by atoms with Crippen LogP contribution < -0.4 is 10.6 Å². The highest BCUT2D eigenvalue weighted by atomic mass is 35.5. The number of piperidine rings is 1. The van der Waals surface area contributed by atoms with Crippen LogP contribution in [0, 0.1) is 6.57 Å². The fourth-order valence-corrected chi connectivity index (χ4v) is 2.24. The van der Waals surface area contributed by atoms with Crippen LogP contribution in [0.25, 0.3) is 4.85 Å². The molecule has 0 spiro atoms. The Labute approximate surface area is 105 Å². The molecule has 2 N–H and O–H groups in total. The van der Waals surface area contributed by atoms with Gasteiger partial charge in [-0.2, -0.15) is 0 Å². The Morgan fingerprint density at radius 2 is 2.41 bits per heavy atom. The van der Waals surface area contributed by atoms with Crippen LogP contribution in [-0.2, 0) is 0 Å². The second-order valence-corrected chi connectivity index (χ2v) is 4.55. The van der Waals surface area contributed by atoms with Crippen molar-refractivity contribution in [2.75, 3.05) is 11.4 Å². The molecule has 2 rings (SSSR count). The molecule has 0 aromatic carbocycles. The van der Waals surface area contributed by atoms with E-state index in [-0.39, 0.29) is 23.1 Å². The molecule has 0 aliphatic carbocycles. The molecule has 0 saturated carbocycles. The van der Waals surface area contributed by atoms with Gasteiger partial charge in [-0.15, -0.1) is 4.98 Å². The van der Waals surface area contributed by atoms with Gasteiger partial charge in [-0.25, -0.2) is 4.98 Å². The van der Waals surface area contributed by atoms with Gasteiger partial charge in [0, 0.05) is 18.6 Å². The predicted molar refractivity (Wildman–Crippen MR) is 67.3 cm³/mol. The smallest absolute Gasteiger partial charge is 0.307 e. The summed E-state index contributed by atoms with van der Waals surface area (Å²) in [7, 11) is 0. The fourth-order valence-electron chi connectivity index (χ4n) is 2.06. The second-order valence-electron chi connectivity index (χ2n) is 4.19. The molecule has 1 aromatic rings. The molecule has 17 heavy (non-hydrogen) atoms. The average Bonchev–Trinajstić information content (AvgIpc) is 2.32. The molecule has 0 bridgehead atoms. The maximum atomic E-state index is 6.88. The van der Waals surface area contributed by atoms with Gasteiger partial charge in [-0.05, 0) is 19.8 Å². The summed E-state index contributed by atoms with van der Waals surface area (Å²) in [5.74, 6) is 0.842. The van der Waals surface area contributed by atoms with Crippen molar-refractivity contribution in [2.24, 2.45) is 5.73 Å². The minimum atomic E-state index is 0.143. The van der Waals surface area contributed by atoms with Crippen LogP contribution in [0.2, 0.25) is 5.15 Å². The molecule has 1 fully saturated rings. The van der Waals surface area contributed by atoms with Gasteiger partial charge in [0.15, 0.2) is 17.2 Å². The Bertz CT molecular complexity index is 456. The number of hydrogen-bond acceptors (Lipinski definition) is 4. The molecule has 1 saturated heterocycles. The van der Waals surface area contributed by atoms with Crippen molar-refractivity contribution in [1.29, 1.82) is 0 Å². The highest BCUT2D eigenvalue weighted by molar-refractivity contribution is 6.31. The molecule has 0 radical (unpaired) electrons. The van der Waals surface area contributed by atoms with Gasteiger partial charge in [0.1, 0.15) is 0 Å². The monoisotopic (exact) mass is 251 g/mol. The normalized spacial score (nSPS) is 24.5. The highest BCUT2D eigenvalue weighted by Crippen LogP contribution is 2.26. The van der Waals surface area contributed by atoms with E-state index in [9.17, 15) is 0 Å². The summed E-state index contributed by atoms with van der Waals surface area (Å²) in [6.45, 7) is 9.85. The number of aromatic nitrogens is 2. The molecule has 1 aromatic heterocycles. The molecular weight excluding hydrogens is 238 g/mol. The molecule has 0 unspecified atom stereocenters. The van der Waals surface area contributed by atoms with Crippen molar-refractivity contribution < 1.29 is 0 Å². The van der Waals surface area contributed by atoms with Crippen molar-refractivity contribution in [2.45, 2.75) is 31.8 Å². The topological polar surface area (TPSA) is 59.4 Å². The van der Waals surface area contributed by atoms with E-state index < -0.39 is 0 Å². The largest absolute Gasteiger partial charge is 0.358 e. The molecule has 2 atom stereocenters.